The topological polar surface area (TPSA) is 335 Å². The van der Waals surface area contributed by atoms with Crippen molar-refractivity contribution in [2.24, 2.45) is 5.73 Å². The fraction of sp³-hybridized carbons (Fsp3) is 0.462. The molecule has 0 bridgehead atoms. The lowest BCUT2D eigenvalue weighted by Gasteiger charge is -2.29. The number of aromatic nitrogens is 1. The van der Waals surface area contributed by atoms with E-state index in [1.165, 1.54) is 13.8 Å². The van der Waals surface area contributed by atoms with Gasteiger partial charge >= 0.3 is 0 Å². The number of hydrogen-bond donors (Lipinski definition) is 13. The molecular weight excluding hydrogens is 1020 g/mol. The number of rotatable bonds is 19. The molecule has 0 radical (unpaired) electrons. The number of carbonyl (C=O) groups is 8. The number of benzene rings is 3. The number of unbranched alkanes of at least 4 members (excludes halogenated alkanes) is 1. The standard InChI is InChI=1S/C52H69FN10O11S2/c1-29(53)45(67)57-38(22-32-14-6-4-7-15-32)48(70)61-42-27-75-76-28-43(51(73)60-41(26-64)30(2)65)62-52(74)44(31(3)66)63-46(68)37(20-12-13-21-54)56-49(71)40(24-34-25-55-36-19-11-10-18-35(34)36)59-47(69)39(58-50(42)72)23-33-16-8-5-9-17-33/h4-11,14-19,25,29-31,37-44,55,64-66H,12-13,20-24,26-28,54H2,1-3H3,(H,56,71)(H,57,67)(H,58,72)(H,59,69)(H,60,73)(H,61,70)(H,62,74)(H,63,68)/t29?,30?,31?,37-,38-,39+,40+,41?,42+,43+,44+/m1/s1. The van der Waals surface area contributed by atoms with Crippen LogP contribution in [0.2, 0.25) is 0 Å². The van der Waals surface area contributed by atoms with Crippen LogP contribution >= 0.6 is 21.6 Å². The van der Waals surface area contributed by atoms with Gasteiger partial charge in [-0.05, 0) is 69.3 Å². The molecule has 1 aliphatic rings. The van der Waals surface area contributed by atoms with E-state index in [9.17, 15) is 58.1 Å². The quantitative estimate of drug-likeness (QED) is 0.0424. The minimum absolute atomic E-state index is 0.0000516. The van der Waals surface area contributed by atoms with E-state index in [1.807, 2.05) is 18.2 Å². The van der Waals surface area contributed by atoms with Gasteiger partial charge in [0.1, 0.15) is 42.3 Å². The maximum atomic E-state index is 14.8. The smallest absolute Gasteiger partial charge is 0.254 e. The maximum absolute atomic E-state index is 14.8. The Morgan fingerprint density at radius 1 is 0.697 bits per heavy atom. The highest BCUT2D eigenvalue weighted by Gasteiger charge is 2.37. The van der Waals surface area contributed by atoms with Gasteiger partial charge in [0.15, 0.2) is 6.17 Å². The lowest BCUT2D eigenvalue weighted by Crippen LogP contribution is -2.62. The summed E-state index contributed by atoms with van der Waals surface area (Å²) in [5, 5.41) is 52.8. The van der Waals surface area contributed by atoms with Crippen molar-refractivity contribution < 1.29 is 58.1 Å². The second kappa shape index (κ2) is 30.2. The summed E-state index contributed by atoms with van der Waals surface area (Å²) in [6.07, 6.45) is -2.74. The molecule has 0 saturated carbocycles. The average Bonchev–Trinajstić information content (AvgIpc) is 3.81. The van der Waals surface area contributed by atoms with E-state index in [-0.39, 0.29) is 43.7 Å². The van der Waals surface area contributed by atoms with Crippen LogP contribution in [-0.2, 0) is 57.6 Å². The highest BCUT2D eigenvalue weighted by molar-refractivity contribution is 8.76. The number of nitrogens with two attached hydrogens (primary N) is 1. The zero-order valence-corrected chi connectivity index (χ0v) is 44.1. The van der Waals surface area contributed by atoms with Gasteiger partial charge in [-0.2, -0.15) is 0 Å². The number of amides is 8. The SMILES string of the molecule is CC(F)C(=O)N[C@H](Cc1ccccc1)C(=O)N[C@H]1CSSC[C@@H](C(=O)NC(CO)C(C)O)NC(=O)[C@H](C(C)O)NC(=O)[C@@H](CCCCN)NC(=O)[C@H](Cc2c[nH]c3ccccc23)NC(=O)[C@H](Cc2ccccc2)NC1=O. The molecule has 76 heavy (non-hydrogen) atoms. The summed E-state index contributed by atoms with van der Waals surface area (Å²) >= 11 is 0. The Balaban J connectivity index is 1.60. The number of aliphatic hydroxyl groups excluding tert-OH is 3. The summed E-state index contributed by atoms with van der Waals surface area (Å²) in [5.41, 5.74) is 8.33. The summed E-state index contributed by atoms with van der Waals surface area (Å²) in [7, 11) is 1.90. The van der Waals surface area contributed by atoms with Gasteiger partial charge in [0.05, 0.1) is 24.9 Å². The van der Waals surface area contributed by atoms with E-state index in [0.717, 1.165) is 39.4 Å². The second-order valence-corrected chi connectivity index (χ2v) is 21.1. The number of halogens is 1. The van der Waals surface area contributed by atoms with E-state index < -0.39 is 121 Å². The van der Waals surface area contributed by atoms with E-state index in [2.05, 4.69) is 47.5 Å². The van der Waals surface area contributed by atoms with Gasteiger partial charge in [-0.3, -0.25) is 38.4 Å². The summed E-state index contributed by atoms with van der Waals surface area (Å²) in [4.78, 5) is 117. The number of carbonyl (C=O) groups excluding carboxylic acids is 8. The molecule has 0 spiro atoms. The Morgan fingerprint density at radius 3 is 1.92 bits per heavy atom. The van der Waals surface area contributed by atoms with Gasteiger partial charge in [0.25, 0.3) is 5.91 Å². The van der Waals surface area contributed by atoms with E-state index in [1.54, 1.807) is 72.9 Å². The number of nitrogens with one attached hydrogen (secondary N) is 9. The van der Waals surface area contributed by atoms with Crippen LogP contribution in [0.5, 0.6) is 0 Å². The highest BCUT2D eigenvalue weighted by atomic mass is 33.1. The molecule has 21 nitrogen and oxygen atoms in total. The van der Waals surface area contributed by atoms with Gasteiger partial charge in [0, 0.05) is 47.9 Å². The van der Waals surface area contributed by atoms with E-state index in [4.69, 9.17) is 5.73 Å². The molecule has 412 valence electrons. The van der Waals surface area contributed by atoms with Crippen molar-refractivity contribution in [1.82, 2.24) is 47.5 Å². The minimum Gasteiger partial charge on any atom is -0.394 e. The van der Waals surface area contributed by atoms with Gasteiger partial charge in [-0.1, -0.05) is 100 Å². The third-order valence-corrected chi connectivity index (χ3v) is 14.9. The van der Waals surface area contributed by atoms with Crippen LogP contribution in [-0.4, -0.2) is 159 Å². The van der Waals surface area contributed by atoms with E-state index in [0.29, 0.717) is 29.5 Å². The molecule has 14 N–H and O–H groups in total. The number of hydrogen-bond acceptors (Lipinski definition) is 14. The first-order valence-corrected chi connectivity index (χ1v) is 27.5. The number of fused-ring (bicyclic) bond motifs is 1. The van der Waals surface area contributed by atoms with Crippen LogP contribution in [0.4, 0.5) is 4.39 Å². The Kier molecular flexibility index (Phi) is 24.0. The number of para-hydroxylation sites is 1. The van der Waals surface area contributed by atoms with Crippen molar-refractivity contribution >= 4 is 79.7 Å². The zero-order chi connectivity index (χ0) is 55.3. The number of aliphatic hydroxyl groups is 3. The third kappa shape index (κ3) is 18.3. The first-order valence-electron chi connectivity index (χ1n) is 25.0. The van der Waals surface area contributed by atoms with Gasteiger partial charge < -0.3 is 68.6 Å². The first kappa shape index (κ1) is 60.3. The van der Waals surface area contributed by atoms with Crippen LogP contribution in [0.25, 0.3) is 10.9 Å². The molecule has 24 heteroatoms. The molecule has 4 unspecified atom stereocenters. The zero-order valence-electron chi connectivity index (χ0n) is 42.5. The molecule has 8 amide bonds. The number of alkyl halides is 1. The Bertz CT molecular complexity index is 2580. The average molecular weight is 1090 g/mol. The number of aromatic amines is 1. The summed E-state index contributed by atoms with van der Waals surface area (Å²) < 4.78 is 14.3. The van der Waals surface area contributed by atoms with Crippen LogP contribution in [0.3, 0.4) is 0 Å². The fourth-order valence-corrected chi connectivity index (χ4v) is 10.4. The lowest BCUT2D eigenvalue weighted by molar-refractivity contribution is -0.136. The van der Waals surface area contributed by atoms with Crippen molar-refractivity contribution in [3.8, 4) is 0 Å². The predicted octanol–water partition coefficient (Wildman–Crippen LogP) is -0.290. The van der Waals surface area contributed by atoms with Crippen LogP contribution < -0.4 is 48.3 Å². The third-order valence-electron chi connectivity index (χ3n) is 12.5. The Morgan fingerprint density at radius 2 is 1.29 bits per heavy atom. The summed E-state index contributed by atoms with van der Waals surface area (Å²) in [6, 6.07) is 13.0. The summed E-state index contributed by atoms with van der Waals surface area (Å²) in [6.45, 7) is 3.11. The molecule has 1 aromatic heterocycles. The van der Waals surface area contributed by atoms with Crippen molar-refractivity contribution in [2.45, 2.75) is 126 Å². The maximum Gasteiger partial charge on any atom is 0.254 e. The molecule has 0 aliphatic carbocycles. The predicted molar refractivity (Wildman–Crippen MR) is 287 cm³/mol. The van der Waals surface area contributed by atoms with Crippen molar-refractivity contribution in [2.75, 3.05) is 24.7 Å². The van der Waals surface area contributed by atoms with E-state index >= 15 is 0 Å². The van der Waals surface area contributed by atoms with Crippen molar-refractivity contribution in [1.29, 1.82) is 0 Å². The molecule has 2 heterocycles. The summed E-state index contributed by atoms with van der Waals surface area (Å²) in [5.74, 6) is -7.88. The molecule has 11 atom stereocenters. The van der Waals surface area contributed by atoms with Crippen molar-refractivity contribution in [3.63, 3.8) is 0 Å². The molecule has 1 fully saturated rings. The number of H-pyrrole nitrogens is 1. The second-order valence-electron chi connectivity index (χ2n) is 18.5. The molecular formula is C52H69FN10O11S2. The normalized spacial score (nSPS) is 22.4. The van der Waals surface area contributed by atoms with Crippen LogP contribution in [0.1, 0.15) is 56.7 Å². The Labute approximate surface area is 447 Å². The van der Waals surface area contributed by atoms with Gasteiger partial charge in [-0.15, -0.1) is 0 Å². The first-order chi connectivity index (χ1) is 36.4. The minimum atomic E-state index is -2.00. The van der Waals surface area contributed by atoms with Gasteiger partial charge in [-0.25, -0.2) is 4.39 Å². The molecule has 5 rings (SSSR count). The molecule has 3 aromatic carbocycles. The highest BCUT2D eigenvalue weighted by Crippen LogP contribution is 2.24. The monoisotopic (exact) mass is 1090 g/mol. The van der Waals surface area contributed by atoms with Crippen molar-refractivity contribution in [3.05, 3.63) is 108 Å². The molecule has 1 saturated heterocycles. The van der Waals surface area contributed by atoms with Gasteiger partial charge in [0.2, 0.25) is 41.4 Å². The molecule has 1 aliphatic heterocycles. The Hall–Kier alpha value is -6.57. The van der Waals surface area contributed by atoms with Crippen LogP contribution in [0.15, 0.2) is 91.1 Å². The molecule has 4 aromatic rings. The largest absolute Gasteiger partial charge is 0.394 e. The van der Waals surface area contributed by atoms with Crippen LogP contribution in [0, 0.1) is 0 Å². The lowest BCUT2D eigenvalue weighted by atomic mass is 10.0. The fourth-order valence-electron chi connectivity index (χ4n) is 8.11.